The summed E-state index contributed by atoms with van der Waals surface area (Å²) in [5.41, 5.74) is 0.949. The first kappa shape index (κ1) is 23.0. The summed E-state index contributed by atoms with van der Waals surface area (Å²) >= 11 is 2.61. The smallest absolute Gasteiger partial charge is 0.347 e. The molecule has 2 aromatic carbocycles. The van der Waals surface area contributed by atoms with Crippen LogP contribution in [0.15, 0.2) is 66.0 Å². The van der Waals surface area contributed by atoms with Crippen molar-refractivity contribution in [1.29, 1.82) is 0 Å². The highest BCUT2D eigenvalue weighted by Crippen LogP contribution is 2.34. The highest BCUT2D eigenvalue weighted by Gasteiger charge is 2.30. The van der Waals surface area contributed by atoms with E-state index >= 15 is 0 Å². The monoisotopic (exact) mass is 489 g/mol. The van der Waals surface area contributed by atoms with E-state index in [4.69, 9.17) is 0 Å². The van der Waals surface area contributed by atoms with Crippen molar-refractivity contribution in [2.45, 2.75) is 17.7 Å². The normalized spacial score (nSPS) is 11.5. The van der Waals surface area contributed by atoms with Gasteiger partial charge in [-0.05, 0) is 23.8 Å². The zero-order valence-corrected chi connectivity index (χ0v) is 19.0. The average molecular weight is 490 g/mol. The molecule has 0 aliphatic rings. The number of halogens is 3. The zero-order valence-electron chi connectivity index (χ0n) is 17.3. The van der Waals surface area contributed by atoms with Crippen molar-refractivity contribution in [3.63, 3.8) is 0 Å². The second-order valence-electron chi connectivity index (χ2n) is 7.09. The van der Waals surface area contributed by atoms with Gasteiger partial charge in [-0.3, -0.25) is 4.79 Å². The molecule has 1 N–H and O–H groups in total. The summed E-state index contributed by atoms with van der Waals surface area (Å²) in [5, 5.41) is 3.86. The van der Waals surface area contributed by atoms with Gasteiger partial charge in [-0.15, -0.1) is 0 Å². The Labute approximate surface area is 195 Å². The quantitative estimate of drug-likeness (QED) is 0.274. The molecule has 2 aromatic heterocycles. The Morgan fingerprint density at radius 1 is 1.12 bits per heavy atom. The molecule has 0 aliphatic heterocycles. The summed E-state index contributed by atoms with van der Waals surface area (Å²) in [6.45, 7) is 0.677. The van der Waals surface area contributed by atoms with E-state index in [0.717, 1.165) is 27.5 Å². The van der Waals surface area contributed by atoms with Crippen molar-refractivity contribution in [2.24, 2.45) is 0 Å². The minimum Gasteiger partial charge on any atom is -0.347 e. The Bertz CT molecular complexity index is 1260. The lowest BCUT2D eigenvalue weighted by atomic mass is 10.2. The number of carbonyl (C=O) groups is 1. The van der Waals surface area contributed by atoms with Crippen LogP contribution in [0, 0.1) is 0 Å². The maximum atomic E-state index is 12.9. The Hall–Kier alpha value is -3.18. The molecule has 2 heterocycles. The summed E-state index contributed by atoms with van der Waals surface area (Å²) in [5.74, 6) is -0.452. The maximum absolute atomic E-state index is 12.9. The molecule has 0 fully saturated rings. The van der Waals surface area contributed by atoms with Crippen molar-refractivity contribution in [1.82, 2.24) is 15.0 Å². The van der Waals surface area contributed by atoms with E-state index in [1.165, 1.54) is 41.6 Å². The molecule has 0 aliphatic carbocycles. The molecule has 170 valence electrons. The number of nitrogens with one attached hydrogen (secondary N) is 1. The molecule has 4 aromatic rings. The first-order valence-corrected chi connectivity index (χ1v) is 11.6. The van der Waals surface area contributed by atoms with E-state index in [9.17, 15) is 18.0 Å². The number of rotatable bonds is 7. The number of carbonyl (C=O) groups excluding carboxylic acids is 1. The first-order chi connectivity index (χ1) is 15.8. The minimum absolute atomic E-state index is 0.0184. The lowest BCUT2D eigenvalue weighted by Crippen LogP contribution is -2.15. The van der Waals surface area contributed by atoms with Gasteiger partial charge in [0.2, 0.25) is 5.91 Å². The third-order valence-corrected chi connectivity index (χ3v) is 6.83. The number of hydrogen-bond acceptors (Lipinski definition) is 7. The van der Waals surface area contributed by atoms with Crippen LogP contribution in [0.25, 0.3) is 10.3 Å². The topological polar surface area (TPSA) is 71.0 Å². The fourth-order valence-electron chi connectivity index (χ4n) is 3.02. The SMILES string of the molecule is CN(Cc1ccccc1)c1nc2ncnc(SCC(=O)Nc3cccc(C(F)(F)F)c3)c2s1. The maximum Gasteiger partial charge on any atom is 0.416 e. The molecule has 1 amide bonds. The van der Waals surface area contributed by atoms with Gasteiger partial charge < -0.3 is 10.2 Å². The predicted octanol–water partition coefficient (Wildman–Crippen LogP) is 5.47. The number of benzene rings is 2. The van der Waals surface area contributed by atoms with Gasteiger partial charge in [0, 0.05) is 19.3 Å². The van der Waals surface area contributed by atoms with Crippen LogP contribution in [0.2, 0.25) is 0 Å². The minimum atomic E-state index is -4.47. The molecule has 33 heavy (non-hydrogen) atoms. The first-order valence-electron chi connectivity index (χ1n) is 9.76. The molecular formula is C22H18F3N5OS2. The Morgan fingerprint density at radius 2 is 1.91 bits per heavy atom. The van der Waals surface area contributed by atoms with Crippen LogP contribution < -0.4 is 10.2 Å². The molecule has 6 nitrogen and oxygen atoms in total. The molecule has 0 bridgehead atoms. The Kier molecular flexibility index (Phi) is 6.80. The number of aromatic nitrogens is 3. The number of alkyl halides is 3. The molecule has 0 spiro atoms. The van der Waals surface area contributed by atoms with Crippen molar-refractivity contribution < 1.29 is 18.0 Å². The van der Waals surface area contributed by atoms with Crippen LogP contribution >= 0.6 is 23.1 Å². The summed E-state index contributed by atoms with van der Waals surface area (Å²) in [6.07, 6.45) is -3.09. The number of thioether (sulfide) groups is 1. The highest BCUT2D eigenvalue weighted by molar-refractivity contribution is 8.00. The third-order valence-electron chi connectivity index (χ3n) is 4.55. The van der Waals surface area contributed by atoms with Gasteiger partial charge in [-0.2, -0.15) is 18.2 Å². The van der Waals surface area contributed by atoms with Gasteiger partial charge in [0.1, 0.15) is 16.1 Å². The Balaban J connectivity index is 1.43. The number of nitrogens with zero attached hydrogens (tertiary/aromatic N) is 4. The van der Waals surface area contributed by atoms with E-state index in [2.05, 4.69) is 20.3 Å². The van der Waals surface area contributed by atoms with Gasteiger partial charge >= 0.3 is 6.18 Å². The molecule has 0 radical (unpaired) electrons. The standard InChI is InChI=1S/C22H18F3N5OS2/c1-30(11-14-6-3-2-4-7-14)21-29-19-18(33-21)20(27-13-26-19)32-12-17(31)28-16-9-5-8-15(10-16)22(23,24)25/h2-10,13H,11-12H2,1H3,(H,28,31). The van der Waals surface area contributed by atoms with E-state index in [-0.39, 0.29) is 11.4 Å². The molecule has 0 unspecified atom stereocenters. The summed E-state index contributed by atoms with van der Waals surface area (Å²) in [7, 11) is 1.94. The molecule has 11 heteroatoms. The summed E-state index contributed by atoms with van der Waals surface area (Å²) < 4.78 is 39.3. The van der Waals surface area contributed by atoms with E-state index in [1.807, 2.05) is 42.3 Å². The second kappa shape index (κ2) is 9.75. The molecule has 4 rings (SSSR count). The van der Waals surface area contributed by atoms with Crippen molar-refractivity contribution >= 4 is 50.2 Å². The molecular weight excluding hydrogens is 471 g/mol. The lowest BCUT2D eigenvalue weighted by Gasteiger charge is -2.15. The average Bonchev–Trinajstić information content (AvgIpc) is 3.23. The van der Waals surface area contributed by atoms with Gasteiger partial charge in [0.25, 0.3) is 0 Å². The van der Waals surface area contributed by atoms with Gasteiger partial charge in [-0.25, -0.2) is 9.97 Å². The molecule has 0 saturated carbocycles. The van der Waals surface area contributed by atoms with Crippen molar-refractivity contribution in [3.05, 3.63) is 72.1 Å². The van der Waals surface area contributed by atoms with Crippen LogP contribution in [0.1, 0.15) is 11.1 Å². The van der Waals surface area contributed by atoms with E-state index in [1.54, 1.807) is 0 Å². The van der Waals surface area contributed by atoms with Crippen LogP contribution in [-0.4, -0.2) is 33.7 Å². The van der Waals surface area contributed by atoms with E-state index < -0.39 is 17.6 Å². The number of thiazole rings is 1. The number of anilines is 2. The number of amides is 1. The van der Waals surface area contributed by atoms with Gasteiger partial charge in [0.15, 0.2) is 10.8 Å². The summed E-state index contributed by atoms with van der Waals surface area (Å²) in [4.78, 5) is 27.4. The number of fused-ring (bicyclic) bond motifs is 1. The highest BCUT2D eigenvalue weighted by atomic mass is 32.2. The molecule has 0 atom stereocenters. The van der Waals surface area contributed by atoms with Gasteiger partial charge in [-0.1, -0.05) is 59.5 Å². The number of hydrogen-bond donors (Lipinski definition) is 1. The van der Waals surface area contributed by atoms with Crippen LogP contribution in [0.5, 0.6) is 0 Å². The van der Waals surface area contributed by atoms with E-state index in [0.29, 0.717) is 17.2 Å². The largest absolute Gasteiger partial charge is 0.416 e. The fraction of sp³-hybridized carbons (Fsp3) is 0.182. The molecule has 0 saturated heterocycles. The second-order valence-corrected chi connectivity index (χ2v) is 9.03. The van der Waals surface area contributed by atoms with Crippen LogP contribution in [0.4, 0.5) is 24.0 Å². The van der Waals surface area contributed by atoms with Crippen LogP contribution in [-0.2, 0) is 17.5 Å². The predicted molar refractivity (Wildman–Crippen MR) is 125 cm³/mol. The zero-order chi connectivity index (χ0) is 23.4. The Morgan fingerprint density at radius 3 is 2.67 bits per heavy atom. The van der Waals surface area contributed by atoms with Crippen molar-refractivity contribution in [3.8, 4) is 0 Å². The van der Waals surface area contributed by atoms with Crippen molar-refractivity contribution in [2.75, 3.05) is 23.0 Å². The lowest BCUT2D eigenvalue weighted by molar-refractivity contribution is -0.137. The van der Waals surface area contributed by atoms with Crippen LogP contribution in [0.3, 0.4) is 0 Å². The summed E-state index contributed by atoms with van der Waals surface area (Å²) in [6, 6.07) is 14.5. The van der Waals surface area contributed by atoms with Gasteiger partial charge in [0.05, 0.1) is 11.3 Å². The third kappa shape index (κ3) is 5.79. The fourth-order valence-corrected chi connectivity index (χ4v) is 4.87.